The number of furan rings is 1. The van der Waals surface area contributed by atoms with E-state index >= 15 is 0 Å². The molecule has 1 aliphatic rings. The number of anilines is 2. The van der Waals surface area contributed by atoms with E-state index in [1.165, 1.54) is 10.9 Å². The predicted octanol–water partition coefficient (Wildman–Crippen LogP) is 6.71. The maximum absolute atomic E-state index is 14.1. The van der Waals surface area contributed by atoms with Crippen LogP contribution in [0.2, 0.25) is 0 Å². The summed E-state index contributed by atoms with van der Waals surface area (Å²) in [5, 5.41) is 4.24. The maximum atomic E-state index is 14.1. The lowest BCUT2D eigenvalue weighted by Gasteiger charge is -2.37. The lowest BCUT2D eigenvalue weighted by molar-refractivity contribution is -0.145. The molecule has 2 aromatic heterocycles. The van der Waals surface area contributed by atoms with Gasteiger partial charge in [0.2, 0.25) is 11.8 Å². The van der Waals surface area contributed by atoms with Gasteiger partial charge in [0.15, 0.2) is 0 Å². The van der Waals surface area contributed by atoms with Crippen molar-refractivity contribution in [1.29, 1.82) is 0 Å². The number of aromatic nitrogens is 1. The number of aromatic amines is 1. The first kappa shape index (κ1) is 27.6. The molecule has 0 radical (unpaired) electrons. The lowest BCUT2D eigenvalue weighted by atomic mass is 9.98. The molecule has 0 saturated heterocycles. The van der Waals surface area contributed by atoms with Crippen LogP contribution in [0.4, 0.5) is 11.4 Å². The number of amides is 2. The van der Waals surface area contributed by atoms with Crippen molar-refractivity contribution in [2.45, 2.75) is 59.0 Å². The van der Waals surface area contributed by atoms with Crippen LogP contribution in [0.5, 0.6) is 0 Å². The molecule has 2 atom stereocenters. The van der Waals surface area contributed by atoms with E-state index in [9.17, 15) is 9.59 Å². The molecule has 0 aliphatic heterocycles. The third-order valence-corrected chi connectivity index (χ3v) is 8.77. The summed E-state index contributed by atoms with van der Waals surface area (Å²) in [6, 6.07) is 19.7. The van der Waals surface area contributed by atoms with E-state index in [4.69, 9.17) is 4.42 Å². The highest BCUT2D eigenvalue weighted by atomic mass is 16.3. The van der Waals surface area contributed by atoms with Gasteiger partial charge in [-0.15, -0.1) is 0 Å². The van der Waals surface area contributed by atoms with E-state index < -0.39 is 5.54 Å². The van der Waals surface area contributed by atoms with Gasteiger partial charge in [-0.05, 0) is 86.1 Å². The molecule has 0 spiro atoms. The van der Waals surface area contributed by atoms with Crippen LogP contribution in [-0.4, -0.2) is 41.3 Å². The highest BCUT2D eigenvalue weighted by Gasteiger charge is 2.60. The lowest BCUT2D eigenvalue weighted by Crippen LogP contribution is -2.54. The van der Waals surface area contributed by atoms with Gasteiger partial charge in [0, 0.05) is 48.5 Å². The second-order valence-corrected chi connectivity index (χ2v) is 12.3. The number of hydrogen-bond donors (Lipinski definition) is 2. The largest absolute Gasteiger partial charge is 0.467 e. The average molecular weight is 541 g/mol. The summed E-state index contributed by atoms with van der Waals surface area (Å²) in [7, 11) is 3.95. The molecule has 2 N–H and O–H groups in total. The molecule has 7 nitrogen and oxygen atoms in total. The van der Waals surface area contributed by atoms with Crippen molar-refractivity contribution >= 4 is 34.1 Å². The Morgan fingerprint density at radius 2 is 1.73 bits per heavy atom. The average Bonchev–Trinajstić information content (AvgIpc) is 3.28. The normalized spacial score (nSPS) is 18.0. The fourth-order valence-electron chi connectivity index (χ4n) is 6.10. The van der Waals surface area contributed by atoms with Crippen molar-refractivity contribution in [2.24, 2.45) is 11.3 Å². The Bertz CT molecular complexity index is 1510. The van der Waals surface area contributed by atoms with Gasteiger partial charge in [-0.3, -0.25) is 9.59 Å². The monoisotopic (exact) mass is 540 g/mol. The molecule has 1 aliphatic carbocycles. The number of benzene rings is 2. The zero-order chi connectivity index (χ0) is 28.8. The molecule has 7 heteroatoms. The van der Waals surface area contributed by atoms with Crippen LogP contribution in [0, 0.1) is 18.3 Å². The van der Waals surface area contributed by atoms with E-state index in [-0.39, 0.29) is 35.6 Å². The molecule has 5 rings (SSSR count). The minimum Gasteiger partial charge on any atom is -0.467 e. The Morgan fingerprint density at radius 1 is 1.02 bits per heavy atom. The van der Waals surface area contributed by atoms with Gasteiger partial charge in [0.05, 0.1) is 12.8 Å². The molecule has 2 heterocycles. The summed E-state index contributed by atoms with van der Waals surface area (Å²) >= 11 is 0. The van der Waals surface area contributed by atoms with Crippen molar-refractivity contribution in [3.8, 4) is 0 Å². The van der Waals surface area contributed by atoms with Gasteiger partial charge in [0.25, 0.3) is 0 Å². The van der Waals surface area contributed by atoms with Gasteiger partial charge in [-0.1, -0.05) is 32.0 Å². The van der Waals surface area contributed by atoms with E-state index in [2.05, 4.69) is 49.3 Å². The number of carbonyl (C=O) groups excluding carboxylic acids is 2. The first-order valence-corrected chi connectivity index (χ1v) is 13.9. The SMILES string of the molecule is Cc1[nH]c2ccccc2c1[C@H]1[C@@H](CC(=O)N(Cc2ccco2)C(C)(C)C(=O)Nc2ccc(N(C)C)cc2)C1(C)C. The summed E-state index contributed by atoms with van der Waals surface area (Å²) in [4.78, 5) is 34.9. The van der Waals surface area contributed by atoms with Crippen molar-refractivity contribution in [3.05, 3.63) is 83.9 Å². The minimum atomic E-state index is -1.12. The number of carbonyl (C=O) groups is 2. The molecule has 1 saturated carbocycles. The summed E-state index contributed by atoms with van der Waals surface area (Å²) < 4.78 is 5.61. The molecular formula is C33H40N4O3. The number of rotatable bonds is 9. The van der Waals surface area contributed by atoms with Gasteiger partial charge >= 0.3 is 0 Å². The van der Waals surface area contributed by atoms with Gasteiger partial charge in [0.1, 0.15) is 11.3 Å². The van der Waals surface area contributed by atoms with Gasteiger partial charge in [-0.25, -0.2) is 0 Å². The summed E-state index contributed by atoms with van der Waals surface area (Å²) in [5.74, 6) is 0.755. The van der Waals surface area contributed by atoms with Crippen LogP contribution >= 0.6 is 0 Å². The zero-order valence-corrected chi connectivity index (χ0v) is 24.5. The molecular weight excluding hydrogens is 500 g/mol. The molecule has 0 unspecified atom stereocenters. The Morgan fingerprint density at radius 3 is 2.38 bits per heavy atom. The van der Waals surface area contributed by atoms with E-state index in [1.807, 2.05) is 55.4 Å². The second kappa shape index (κ2) is 10.2. The number of fused-ring (bicyclic) bond motifs is 1. The Labute approximate surface area is 236 Å². The zero-order valence-electron chi connectivity index (χ0n) is 24.5. The third-order valence-electron chi connectivity index (χ3n) is 8.77. The van der Waals surface area contributed by atoms with E-state index in [0.29, 0.717) is 17.9 Å². The van der Waals surface area contributed by atoms with Crippen LogP contribution in [0.15, 0.2) is 71.3 Å². The van der Waals surface area contributed by atoms with Gasteiger partial charge < -0.3 is 24.5 Å². The van der Waals surface area contributed by atoms with Crippen LogP contribution < -0.4 is 10.2 Å². The van der Waals surface area contributed by atoms with Crippen LogP contribution in [-0.2, 0) is 16.1 Å². The summed E-state index contributed by atoms with van der Waals surface area (Å²) in [6.45, 7) is 10.4. The second-order valence-electron chi connectivity index (χ2n) is 12.3. The van der Waals surface area contributed by atoms with Crippen molar-refractivity contribution in [1.82, 2.24) is 9.88 Å². The molecule has 0 bridgehead atoms. The number of hydrogen-bond acceptors (Lipinski definition) is 4. The molecule has 1 fully saturated rings. The van der Waals surface area contributed by atoms with E-state index in [0.717, 1.165) is 16.9 Å². The summed E-state index contributed by atoms with van der Waals surface area (Å²) in [5.41, 5.74) is 4.15. The standard InChI is InChI=1S/C33H40N4O3/c1-21-29(25-12-8-9-13-27(25)34-21)30-26(32(30,2)3)19-28(38)37(20-24-11-10-18-40-24)33(4,5)31(39)35-22-14-16-23(17-15-22)36(6)7/h8-18,26,30,34H,19-20H2,1-7H3,(H,35,39)/t26-,30-/m1/s1. The number of nitrogens with one attached hydrogen (secondary N) is 2. The first-order valence-electron chi connectivity index (χ1n) is 13.9. The van der Waals surface area contributed by atoms with Crippen molar-refractivity contribution in [2.75, 3.05) is 24.3 Å². The quantitative estimate of drug-likeness (QED) is 0.247. The molecule has 2 amide bonds. The number of H-pyrrole nitrogens is 1. The topological polar surface area (TPSA) is 81.6 Å². The summed E-state index contributed by atoms with van der Waals surface area (Å²) in [6.07, 6.45) is 1.95. The van der Waals surface area contributed by atoms with Crippen molar-refractivity contribution in [3.63, 3.8) is 0 Å². The number of nitrogens with zero attached hydrogens (tertiary/aromatic N) is 2. The van der Waals surface area contributed by atoms with Crippen LogP contribution in [0.1, 0.15) is 57.1 Å². The highest BCUT2D eigenvalue weighted by molar-refractivity contribution is 6.00. The minimum absolute atomic E-state index is 0.0394. The molecule has 40 heavy (non-hydrogen) atoms. The smallest absolute Gasteiger partial charge is 0.249 e. The molecule has 210 valence electrons. The van der Waals surface area contributed by atoms with Crippen LogP contribution in [0.25, 0.3) is 10.9 Å². The Kier molecular flexibility index (Phi) is 7.02. The fraction of sp³-hybridized carbons (Fsp3) is 0.394. The Balaban J connectivity index is 1.38. The molecule has 4 aromatic rings. The number of aryl methyl sites for hydroxylation is 1. The third kappa shape index (κ3) is 5.01. The van der Waals surface area contributed by atoms with Gasteiger partial charge in [-0.2, -0.15) is 0 Å². The fourth-order valence-corrected chi connectivity index (χ4v) is 6.10. The highest BCUT2D eigenvalue weighted by Crippen LogP contribution is 2.67. The maximum Gasteiger partial charge on any atom is 0.249 e. The van der Waals surface area contributed by atoms with E-state index in [1.54, 1.807) is 31.1 Å². The molecule has 2 aromatic carbocycles. The number of para-hydroxylation sites is 1. The van der Waals surface area contributed by atoms with Crippen LogP contribution in [0.3, 0.4) is 0 Å². The Hall–Kier alpha value is -4.00. The first-order chi connectivity index (χ1) is 18.9. The van der Waals surface area contributed by atoms with Crippen molar-refractivity contribution < 1.29 is 14.0 Å². The predicted molar refractivity (Wildman–Crippen MR) is 160 cm³/mol.